The summed E-state index contributed by atoms with van der Waals surface area (Å²) < 4.78 is 0. The van der Waals surface area contributed by atoms with Crippen molar-refractivity contribution in [2.24, 2.45) is 0 Å². The molecule has 0 amide bonds. The lowest BCUT2D eigenvalue weighted by molar-refractivity contribution is -0.483. The Kier molecular flexibility index (Phi) is 4.31. The lowest BCUT2D eigenvalue weighted by Gasteiger charge is -2.32. The average Bonchev–Trinajstić information content (AvgIpc) is 2.67. The van der Waals surface area contributed by atoms with Crippen LogP contribution in [-0.2, 0) is 0 Å². The predicted molar refractivity (Wildman–Crippen MR) is 103 cm³/mol. The Balaban J connectivity index is 2.02. The highest BCUT2D eigenvalue weighted by Crippen LogP contribution is 2.48. The van der Waals surface area contributed by atoms with E-state index in [2.05, 4.69) is 0 Å². The van der Waals surface area contributed by atoms with Crippen molar-refractivity contribution in [2.75, 3.05) is 6.54 Å². The van der Waals surface area contributed by atoms with E-state index in [1.165, 1.54) is 12.1 Å². The van der Waals surface area contributed by atoms with E-state index in [0.29, 0.717) is 11.1 Å². The van der Waals surface area contributed by atoms with Gasteiger partial charge in [0.25, 0.3) is 0 Å². The van der Waals surface area contributed by atoms with Crippen molar-refractivity contribution in [1.82, 2.24) is 0 Å². The summed E-state index contributed by atoms with van der Waals surface area (Å²) in [5, 5.41) is 32.2. The molecule has 1 aliphatic rings. The molecule has 1 atom stereocenters. The lowest BCUT2D eigenvalue weighted by atomic mass is 9.69. The number of nitrogens with zero attached hydrogens (tertiary/aromatic N) is 1. The van der Waals surface area contributed by atoms with Gasteiger partial charge in [0, 0.05) is 10.8 Å². The third kappa shape index (κ3) is 2.79. The summed E-state index contributed by atoms with van der Waals surface area (Å²) in [7, 11) is 0. The van der Waals surface area contributed by atoms with Crippen molar-refractivity contribution < 1.29 is 19.9 Å². The minimum atomic E-state index is -0.578. The van der Waals surface area contributed by atoms with Gasteiger partial charge in [0.1, 0.15) is 11.5 Å². The van der Waals surface area contributed by atoms with Crippen molar-refractivity contribution in [3.8, 4) is 11.5 Å². The molecule has 0 radical (unpaired) electrons. The van der Waals surface area contributed by atoms with E-state index >= 15 is 0 Å². The monoisotopic (exact) mass is 375 g/mol. The highest BCUT2D eigenvalue weighted by Gasteiger charge is 2.40. The third-order valence-corrected chi connectivity index (χ3v) is 5.25. The van der Waals surface area contributed by atoms with Gasteiger partial charge >= 0.3 is 0 Å². The molecule has 1 aliphatic carbocycles. The number of fused-ring (bicyclic) bond motifs is 2. The SMILES string of the molecule is O=C1c2c(O)cccc2C([C@@H](C[N+](=O)[O-])c2ccccc2)c2cccc(O)c21. The second kappa shape index (κ2) is 6.81. The molecule has 4 rings (SSSR count). The van der Waals surface area contributed by atoms with E-state index < -0.39 is 17.6 Å². The van der Waals surface area contributed by atoms with Crippen LogP contribution in [0.25, 0.3) is 0 Å². The molecule has 0 bridgehead atoms. The van der Waals surface area contributed by atoms with Crippen LogP contribution in [0, 0.1) is 10.1 Å². The number of benzene rings is 3. The van der Waals surface area contributed by atoms with Crippen LogP contribution in [0.5, 0.6) is 11.5 Å². The molecule has 0 aliphatic heterocycles. The first-order chi connectivity index (χ1) is 13.5. The van der Waals surface area contributed by atoms with Crippen LogP contribution in [0.1, 0.15) is 44.4 Å². The zero-order valence-electron chi connectivity index (χ0n) is 14.8. The van der Waals surface area contributed by atoms with Gasteiger partial charge in [-0.2, -0.15) is 0 Å². The molecule has 0 fully saturated rings. The average molecular weight is 375 g/mol. The number of phenols is 2. The molecule has 3 aromatic carbocycles. The molecule has 28 heavy (non-hydrogen) atoms. The standard InChI is InChI=1S/C22H17NO5/c24-17-10-4-8-14-19(16(12-23(27)28)13-6-2-1-3-7-13)15-9-5-11-18(25)21(15)22(26)20(14)17/h1-11,16,19,24-25H,12H2/t16-/m0/s1. The molecule has 0 saturated carbocycles. The van der Waals surface area contributed by atoms with E-state index in [4.69, 9.17) is 0 Å². The molecule has 0 aromatic heterocycles. The largest absolute Gasteiger partial charge is 0.507 e. The lowest BCUT2D eigenvalue weighted by Crippen LogP contribution is -2.27. The molecule has 3 aromatic rings. The topological polar surface area (TPSA) is 101 Å². The van der Waals surface area contributed by atoms with Gasteiger partial charge in [-0.3, -0.25) is 14.9 Å². The van der Waals surface area contributed by atoms with Crippen LogP contribution < -0.4 is 0 Å². The van der Waals surface area contributed by atoms with Crippen LogP contribution in [-0.4, -0.2) is 27.5 Å². The number of rotatable bonds is 4. The van der Waals surface area contributed by atoms with Crippen LogP contribution in [0.4, 0.5) is 0 Å². The molecule has 2 N–H and O–H groups in total. The maximum Gasteiger partial charge on any atom is 0.211 e. The molecule has 0 spiro atoms. The Morgan fingerprint density at radius 3 is 1.89 bits per heavy atom. The van der Waals surface area contributed by atoms with Crippen molar-refractivity contribution >= 4 is 5.78 Å². The number of aromatic hydroxyl groups is 2. The van der Waals surface area contributed by atoms with Gasteiger partial charge in [0.15, 0.2) is 0 Å². The van der Waals surface area contributed by atoms with Crippen LogP contribution in [0.15, 0.2) is 66.7 Å². The van der Waals surface area contributed by atoms with E-state index in [1.807, 2.05) is 30.3 Å². The zero-order valence-corrected chi connectivity index (χ0v) is 14.8. The highest BCUT2D eigenvalue weighted by molar-refractivity contribution is 6.16. The second-order valence-electron chi connectivity index (χ2n) is 6.82. The molecule has 0 heterocycles. The van der Waals surface area contributed by atoms with Crippen molar-refractivity contribution in [1.29, 1.82) is 0 Å². The van der Waals surface area contributed by atoms with Crippen LogP contribution >= 0.6 is 0 Å². The van der Waals surface area contributed by atoms with Gasteiger partial charge in [0.2, 0.25) is 12.3 Å². The summed E-state index contributed by atoms with van der Waals surface area (Å²) >= 11 is 0. The Morgan fingerprint density at radius 2 is 1.39 bits per heavy atom. The Hall–Kier alpha value is -3.67. The van der Waals surface area contributed by atoms with Crippen LogP contribution in [0.2, 0.25) is 0 Å². The van der Waals surface area contributed by atoms with E-state index in [1.54, 1.807) is 24.3 Å². The number of carbonyl (C=O) groups is 1. The summed E-state index contributed by atoms with van der Waals surface area (Å²) in [4.78, 5) is 24.1. The molecule has 6 heteroatoms. The molecule has 0 saturated heterocycles. The Labute approximate surface area is 160 Å². The minimum absolute atomic E-state index is 0.0887. The minimum Gasteiger partial charge on any atom is -0.507 e. The maximum absolute atomic E-state index is 13.0. The van der Waals surface area contributed by atoms with Gasteiger partial charge < -0.3 is 10.2 Å². The molecule has 140 valence electrons. The fourth-order valence-electron chi connectivity index (χ4n) is 4.12. The summed E-state index contributed by atoms with van der Waals surface area (Å²) in [6, 6.07) is 18.6. The number of carbonyl (C=O) groups excluding carboxylic acids is 1. The molecular formula is C22H17NO5. The van der Waals surface area contributed by atoms with E-state index in [-0.39, 0.29) is 34.1 Å². The van der Waals surface area contributed by atoms with Crippen molar-refractivity contribution in [2.45, 2.75) is 11.8 Å². The summed E-state index contributed by atoms with van der Waals surface area (Å²) in [5.41, 5.74) is 1.98. The van der Waals surface area contributed by atoms with E-state index in [0.717, 1.165) is 5.56 Å². The molecular weight excluding hydrogens is 358 g/mol. The summed E-state index contributed by atoms with van der Waals surface area (Å²) in [6.45, 7) is -0.354. The third-order valence-electron chi connectivity index (χ3n) is 5.25. The first-order valence-electron chi connectivity index (χ1n) is 8.84. The number of ketones is 1. The zero-order chi connectivity index (χ0) is 19.8. The van der Waals surface area contributed by atoms with E-state index in [9.17, 15) is 25.1 Å². The molecule has 0 unspecified atom stereocenters. The fourth-order valence-corrected chi connectivity index (χ4v) is 4.12. The number of nitro groups is 1. The van der Waals surface area contributed by atoms with Crippen molar-refractivity contribution in [3.63, 3.8) is 0 Å². The smallest absolute Gasteiger partial charge is 0.211 e. The van der Waals surface area contributed by atoms with Gasteiger partial charge in [-0.15, -0.1) is 0 Å². The fraction of sp³-hybridized carbons (Fsp3) is 0.136. The first kappa shape index (κ1) is 17.7. The highest BCUT2D eigenvalue weighted by atomic mass is 16.6. The van der Waals surface area contributed by atoms with Gasteiger partial charge in [-0.05, 0) is 28.8 Å². The Bertz CT molecular complexity index is 1020. The molecule has 6 nitrogen and oxygen atoms in total. The van der Waals surface area contributed by atoms with Crippen molar-refractivity contribution in [3.05, 3.63) is 105 Å². The van der Waals surface area contributed by atoms with Gasteiger partial charge in [-0.25, -0.2) is 0 Å². The summed E-state index contributed by atoms with van der Waals surface area (Å²) in [5.74, 6) is -2.02. The second-order valence-corrected chi connectivity index (χ2v) is 6.82. The normalized spacial score (nSPS) is 14.2. The van der Waals surface area contributed by atoms with Gasteiger partial charge in [-0.1, -0.05) is 54.6 Å². The summed E-state index contributed by atoms with van der Waals surface area (Å²) in [6.07, 6.45) is 0. The quantitative estimate of drug-likeness (QED) is 0.533. The first-order valence-corrected chi connectivity index (χ1v) is 8.84. The number of phenolic OH excluding ortho intramolecular Hbond substituents is 2. The Morgan fingerprint density at radius 1 is 0.857 bits per heavy atom. The van der Waals surface area contributed by atoms with Crippen LogP contribution in [0.3, 0.4) is 0 Å². The maximum atomic E-state index is 13.0. The number of hydrogen-bond donors (Lipinski definition) is 2. The van der Waals surface area contributed by atoms with Gasteiger partial charge in [0.05, 0.1) is 17.0 Å². The predicted octanol–water partition coefficient (Wildman–Crippen LogP) is 3.83. The number of hydrogen-bond acceptors (Lipinski definition) is 5.